The van der Waals surface area contributed by atoms with E-state index in [1.165, 1.54) is 30.4 Å². The van der Waals surface area contributed by atoms with E-state index in [0.29, 0.717) is 5.56 Å². The van der Waals surface area contributed by atoms with E-state index in [0.717, 1.165) is 11.4 Å². The fourth-order valence-corrected chi connectivity index (χ4v) is 2.48. The first kappa shape index (κ1) is 10.9. The molecule has 0 unspecified atom stereocenters. The molecule has 3 rings (SSSR count). The number of hydrogen-bond donors (Lipinski definition) is 1. The summed E-state index contributed by atoms with van der Waals surface area (Å²) in [6, 6.07) is 16.3. The molecule has 1 N–H and O–H groups in total. The Balaban J connectivity index is 1.86. The Labute approximate surface area is 107 Å². The van der Waals surface area contributed by atoms with E-state index in [4.69, 9.17) is 5.26 Å². The number of nitrogens with one attached hydrogen (secondary N) is 1. The second-order valence-electron chi connectivity index (χ2n) is 4.65. The van der Waals surface area contributed by atoms with E-state index in [9.17, 15) is 0 Å². The lowest BCUT2D eigenvalue weighted by atomic mass is 10.1. The summed E-state index contributed by atoms with van der Waals surface area (Å²) >= 11 is 0. The van der Waals surface area contributed by atoms with E-state index in [2.05, 4.69) is 29.6 Å². The van der Waals surface area contributed by atoms with Crippen molar-refractivity contribution < 1.29 is 0 Å². The lowest BCUT2D eigenvalue weighted by molar-refractivity contribution is 0.912. The average Bonchev–Trinajstić information content (AvgIpc) is 2.86. The number of anilines is 2. The summed E-state index contributed by atoms with van der Waals surface area (Å²) in [4.78, 5) is 0. The molecule has 0 saturated carbocycles. The summed E-state index contributed by atoms with van der Waals surface area (Å²) < 4.78 is 0. The van der Waals surface area contributed by atoms with Gasteiger partial charge in [-0.3, -0.25) is 0 Å². The average molecular weight is 234 g/mol. The minimum atomic E-state index is 0.682. The highest BCUT2D eigenvalue weighted by Crippen LogP contribution is 2.26. The Morgan fingerprint density at radius 1 is 0.944 bits per heavy atom. The molecule has 0 saturated heterocycles. The number of rotatable bonds is 2. The summed E-state index contributed by atoms with van der Waals surface area (Å²) in [5.41, 5.74) is 5.68. The largest absolute Gasteiger partial charge is 0.355 e. The van der Waals surface area contributed by atoms with Gasteiger partial charge in [-0.1, -0.05) is 12.1 Å². The van der Waals surface area contributed by atoms with Gasteiger partial charge in [0.05, 0.1) is 11.6 Å². The predicted molar refractivity (Wildman–Crippen MR) is 72.9 cm³/mol. The standard InChI is InChI=1S/C16H14N2/c17-11-12-3-1-6-15(9-12)18-16-8-7-13-4-2-5-14(13)10-16/h1,3,6-10,18H,2,4-5H2. The van der Waals surface area contributed by atoms with Crippen LogP contribution in [-0.2, 0) is 12.8 Å². The lowest BCUT2D eigenvalue weighted by Gasteiger charge is -2.08. The summed E-state index contributed by atoms with van der Waals surface area (Å²) in [6.07, 6.45) is 3.66. The van der Waals surface area contributed by atoms with Crippen LogP contribution in [0.15, 0.2) is 42.5 Å². The van der Waals surface area contributed by atoms with Gasteiger partial charge in [-0.2, -0.15) is 5.26 Å². The maximum Gasteiger partial charge on any atom is 0.0992 e. The molecule has 0 bridgehead atoms. The van der Waals surface area contributed by atoms with Crippen LogP contribution >= 0.6 is 0 Å². The number of nitrogens with zero attached hydrogens (tertiary/aromatic N) is 1. The summed E-state index contributed by atoms with van der Waals surface area (Å²) in [5.74, 6) is 0. The zero-order valence-electron chi connectivity index (χ0n) is 10.1. The molecule has 2 nitrogen and oxygen atoms in total. The van der Waals surface area contributed by atoms with Crippen LogP contribution in [0, 0.1) is 11.3 Å². The van der Waals surface area contributed by atoms with Gasteiger partial charge in [0.25, 0.3) is 0 Å². The molecular weight excluding hydrogens is 220 g/mol. The molecule has 0 atom stereocenters. The molecule has 1 aliphatic rings. The van der Waals surface area contributed by atoms with Gasteiger partial charge < -0.3 is 5.32 Å². The summed E-state index contributed by atoms with van der Waals surface area (Å²) in [6.45, 7) is 0. The van der Waals surface area contributed by atoms with Crippen LogP contribution in [0.3, 0.4) is 0 Å². The normalized spacial score (nSPS) is 12.8. The Hall–Kier alpha value is -2.27. The summed E-state index contributed by atoms with van der Waals surface area (Å²) in [5, 5.41) is 12.2. The highest BCUT2D eigenvalue weighted by atomic mass is 14.9. The number of fused-ring (bicyclic) bond motifs is 1. The third kappa shape index (κ3) is 2.08. The molecule has 18 heavy (non-hydrogen) atoms. The van der Waals surface area contributed by atoms with Crippen LogP contribution < -0.4 is 5.32 Å². The van der Waals surface area contributed by atoms with Crippen molar-refractivity contribution in [2.45, 2.75) is 19.3 Å². The minimum Gasteiger partial charge on any atom is -0.355 e. The van der Waals surface area contributed by atoms with Crippen LogP contribution in [0.25, 0.3) is 0 Å². The van der Waals surface area contributed by atoms with E-state index >= 15 is 0 Å². The van der Waals surface area contributed by atoms with Crippen molar-refractivity contribution in [3.8, 4) is 6.07 Å². The highest BCUT2D eigenvalue weighted by molar-refractivity contribution is 5.63. The predicted octanol–water partition coefficient (Wildman–Crippen LogP) is 3.79. The number of aryl methyl sites for hydroxylation is 2. The molecule has 2 heteroatoms. The van der Waals surface area contributed by atoms with Crippen molar-refractivity contribution in [3.63, 3.8) is 0 Å². The highest BCUT2D eigenvalue weighted by Gasteiger charge is 2.10. The fraction of sp³-hybridized carbons (Fsp3) is 0.188. The van der Waals surface area contributed by atoms with Crippen LogP contribution in [0.5, 0.6) is 0 Å². The molecule has 2 aromatic rings. The van der Waals surface area contributed by atoms with E-state index in [1.54, 1.807) is 0 Å². The van der Waals surface area contributed by atoms with Crippen molar-refractivity contribution in [2.75, 3.05) is 5.32 Å². The quantitative estimate of drug-likeness (QED) is 0.858. The number of nitriles is 1. The molecule has 0 fully saturated rings. The van der Waals surface area contributed by atoms with Crippen molar-refractivity contribution in [1.29, 1.82) is 5.26 Å². The number of hydrogen-bond acceptors (Lipinski definition) is 2. The van der Waals surface area contributed by atoms with Crippen LogP contribution in [-0.4, -0.2) is 0 Å². The topological polar surface area (TPSA) is 35.8 Å². The Bertz CT molecular complexity index is 623. The van der Waals surface area contributed by atoms with Gasteiger partial charge in [-0.15, -0.1) is 0 Å². The molecule has 2 aromatic carbocycles. The Morgan fingerprint density at radius 2 is 1.78 bits per heavy atom. The first-order valence-electron chi connectivity index (χ1n) is 6.24. The van der Waals surface area contributed by atoms with Gasteiger partial charge in [0.15, 0.2) is 0 Å². The molecule has 88 valence electrons. The Morgan fingerprint density at radius 3 is 2.67 bits per heavy atom. The van der Waals surface area contributed by atoms with Crippen molar-refractivity contribution in [2.24, 2.45) is 0 Å². The monoisotopic (exact) mass is 234 g/mol. The van der Waals surface area contributed by atoms with E-state index in [1.807, 2.05) is 24.3 Å². The SMILES string of the molecule is N#Cc1cccc(Nc2ccc3c(c2)CCC3)c1. The molecule has 0 aromatic heterocycles. The minimum absolute atomic E-state index is 0.682. The van der Waals surface area contributed by atoms with Gasteiger partial charge in [-0.25, -0.2) is 0 Å². The molecule has 0 spiro atoms. The second kappa shape index (κ2) is 4.54. The smallest absolute Gasteiger partial charge is 0.0992 e. The lowest BCUT2D eigenvalue weighted by Crippen LogP contribution is -1.92. The van der Waals surface area contributed by atoms with Crippen molar-refractivity contribution in [1.82, 2.24) is 0 Å². The van der Waals surface area contributed by atoms with E-state index in [-0.39, 0.29) is 0 Å². The van der Waals surface area contributed by atoms with E-state index < -0.39 is 0 Å². The third-order valence-electron chi connectivity index (χ3n) is 3.38. The van der Waals surface area contributed by atoms with Gasteiger partial charge in [0, 0.05) is 11.4 Å². The molecule has 0 amide bonds. The van der Waals surface area contributed by atoms with Gasteiger partial charge in [0.1, 0.15) is 0 Å². The number of benzene rings is 2. The molecular formula is C16H14N2. The first-order chi connectivity index (χ1) is 8.85. The first-order valence-corrected chi connectivity index (χ1v) is 6.24. The van der Waals surface area contributed by atoms with Crippen LogP contribution in [0.1, 0.15) is 23.1 Å². The third-order valence-corrected chi connectivity index (χ3v) is 3.38. The molecule has 0 aliphatic heterocycles. The zero-order chi connectivity index (χ0) is 12.4. The zero-order valence-corrected chi connectivity index (χ0v) is 10.1. The van der Waals surface area contributed by atoms with Gasteiger partial charge in [0.2, 0.25) is 0 Å². The van der Waals surface area contributed by atoms with Crippen LogP contribution in [0.4, 0.5) is 11.4 Å². The second-order valence-corrected chi connectivity index (χ2v) is 4.65. The maximum atomic E-state index is 8.88. The molecule has 1 aliphatic carbocycles. The fourth-order valence-electron chi connectivity index (χ4n) is 2.48. The maximum absolute atomic E-state index is 8.88. The van der Waals surface area contributed by atoms with Gasteiger partial charge in [-0.05, 0) is 60.7 Å². The molecule has 0 heterocycles. The van der Waals surface area contributed by atoms with Gasteiger partial charge >= 0.3 is 0 Å². The Kier molecular flexibility index (Phi) is 2.74. The molecule has 0 radical (unpaired) electrons. The summed E-state index contributed by atoms with van der Waals surface area (Å²) in [7, 11) is 0. The van der Waals surface area contributed by atoms with Crippen molar-refractivity contribution in [3.05, 3.63) is 59.2 Å². The van der Waals surface area contributed by atoms with Crippen LogP contribution in [0.2, 0.25) is 0 Å². The van der Waals surface area contributed by atoms with Crippen molar-refractivity contribution >= 4 is 11.4 Å².